The van der Waals surface area contributed by atoms with Crippen LogP contribution >= 0.6 is 10.7 Å². The van der Waals surface area contributed by atoms with E-state index < -0.39 is 9.05 Å². The van der Waals surface area contributed by atoms with E-state index in [-0.39, 0.29) is 4.90 Å². The van der Waals surface area contributed by atoms with E-state index in [1.54, 1.807) is 19.9 Å². The zero-order valence-corrected chi connectivity index (χ0v) is 9.28. The molecule has 0 spiro atoms. The first kappa shape index (κ1) is 11.0. The Morgan fingerprint density at radius 1 is 1.29 bits per heavy atom. The molecule has 0 saturated carbocycles. The number of rotatable bonds is 1. The molecule has 0 aliphatic heterocycles. The normalized spacial score (nSPS) is 11.0. The van der Waals surface area contributed by atoms with E-state index >= 15 is 0 Å². The number of nitrogens with zero attached hydrogens (tertiary/aromatic N) is 1. The highest BCUT2D eigenvalue weighted by Gasteiger charge is 2.15. The average Bonchev–Trinajstić information content (AvgIpc) is 2.02. The smallest absolute Gasteiger partial charge is 0.207 e. The van der Waals surface area contributed by atoms with Gasteiger partial charge in [0.1, 0.15) is 0 Å². The molecular weight excluding hydrogens is 222 g/mol. The van der Waals surface area contributed by atoms with Crippen LogP contribution < -0.4 is 0 Å². The molecule has 0 radical (unpaired) electrons. The Hall–Kier alpha value is -1.05. The predicted molar refractivity (Wildman–Crippen MR) is 53.7 cm³/mol. The standard InChI is InChI=1S/C9H8ClNO2S/c1-6-3-7(2)9(14(10,12)13)4-8(6)5-11/h3-4H,1-2H3. The molecule has 3 nitrogen and oxygen atoms in total. The van der Waals surface area contributed by atoms with Crippen LogP contribution in [0.3, 0.4) is 0 Å². The van der Waals surface area contributed by atoms with Gasteiger partial charge < -0.3 is 0 Å². The molecule has 0 aliphatic rings. The lowest BCUT2D eigenvalue weighted by atomic mass is 10.1. The fraction of sp³-hybridized carbons (Fsp3) is 0.222. The summed E-state index contributed by atoms with van der Waals surface area (Å²) in [6, 6.07) is 4.84. The van der Waals surface area contributed by atoms with Crippen LogP contribution in [-0.4, -0.2) is 8.42 Å². The highest BCUT2D eigenvalue weighted by Crippen LogP contribution is 2.22. The molecule has 1 rings (SSSR count). The van der Waals surface area contributed by atoms with Gasteiger partial charge in [0.15, 0.2) is 0 Å². The Kier molecular flexibility index (Phi) is 2.84. The van der Waals surface area contributed by atoms with Crippen molar-refractivity contribution >= 4 is 19.7 Å². The SMILES string of the molecule is Cc1cc(C)c(S(=O)(=O)Cl)cc1C#N. The zero-order valence-electron chi connectivity index (χ0n) is 7.70. The van der Waals surface area contributed by atoms with Gasteiger partial charge >= 0.3 is 0 Å². The largest absolute Gasteiger partial charge is 0.261 e. The van der Waals surface area contributed by atoms with E-state index in [2.05, 4.69) is 0 Å². The summed E-state index contributed by atoms with van der Waals surface area (Å²) in [5.41, 5.74) is 1.63. The maximum absolute atomic E-state index is 11.1. The van der Waals surface area contributed by atoms with Crippen LogP contribution in [0.25, 0.3) is 0 Å². The van der Waals surface area contributed by atoms with Crippen molar-refractivity contribution in [3.8, 4) is 6.07 Å². The second kappa shape index (κ2) is 3.60. The van der Waals surface area contributed by atoms with Crippen molar-refractivity contribution in [1.82, 2.24) is 0 Å². The Labute approximate surface area is 87.4 Å². The molecule has 74 valence electrons. The molecule has 0 saturated heterocycles. The summed E-state index contributed by atoms with van der Waals surface area (Å²) < 4.78 is 22.2. The van der Waals surface area contributed by atoms with Crippen LogP contribution in [0.5, 0.6) is 0 Å². The highest BCUT2D eigenvalue weighted by molar-refractivity contribution is 8.13. The quantitative estimate of drug-likeness (QED) is 0.693. The van der Waals surface area contributed by atoms with Gasteiger partial charge in [-0.2, -0.15) is 5.26 Å². The average molecular weight is 230 g/mol. The maximum Gasteiger partial charge on any atom is 0.261 e. The van der Waals surface area contributed by atoms with Gasteiger partial charge in [-0.15, -0.1) is 0 Å². The molecule has 0 heterocycles. The first-order chi connectivity index (χ1) is 6.36. The molecule has 1 aromatic rings. The van der Waals surface area contributed by atoms with Crippen molar-refractivity contribution in [2.75, 3.05) is 0 Å². The number of nitriles is 1. The third-order valence-electron chi connectivity index (χ3n) is 1.91. The topological polar surface area (TPSA) is 57.9 Å². The van der Waals surface area contributed by atoms with Crippen LogP contribution in [0.2, 0.25) is 0 Å². The third-order valence-corrected chi connectivity index (χ3v) is 3.37. The summed E-state index contributed by atoms with van der Waals surface area (Å²) in [4.78, 5) is 0.00122. The van der Waals surface area contributed by atoms with Gasteiger partial charge in [-0.25, -0.2) is 8.42 Å². The van der Waals surface area contributed by atoms with Crippen molar-refractivity contribution in [1.29, 1.82) is 5.26 Å². The van der Waals surface area contributed by atoms with E-state index in [1.165, 1.54) is 6.07 Å². The predicted octanol–water partition coefficient (Wildman–Crippen LogP) is 2.10. The molecule has 0 aromatic heterocycles. The van der Waals surface area contributed by atoms with Crippen LogP contribution in [0.15, 0.2) is 17.0 Å². The second-order valence-electron chi connectivity index (χ2n) is 2.98. The van der Waals surface area contributed by atoms with Gasteiger partial charge in [0, 0.05) is 10.7 Å². The third kappa shape index (κ3) is 2.06. The molecule has 0 fully saturated rings. The monoisotopic (exact) mass is 229 g/mol. The Bertz CT molecular complexity index is 514. The van der Waals surface area contributed by atoms with E-state index in [4.69, 9.17) is 15.9 Å². The molecule has 0 bridgehead atoms. The lowest BCUT2D eigenvalue weighted by Crippen LogP contribution is -1.97. The van der Waals surface area contributed by atoms with E-state index in [0.717, 1.165) is 5.56 Å². The number of benzene rings is 1. The summed E-state index contributed by atoms with van der Waals surface area (Å²) in [7, 11) is 1.45. The minimum absolute atomic E-state index is 0.00122. The van der Waals surface area contributed by atoms with Crippen molar-refractivity contribution < 1.29 is 8.42 Å². The summed E-state index contributed by atoms with van der Waals surface area (Å²) in [5, 5.41) is 8.71. The Morgan fingerprint density at radius 3 is 2.29 bits per heavy atom. The maximum atomic E-state index is 11.1. The van der Waals surface area contributed by atoms with Crippen LogP contribution in [0, 0.1) is 25.2 Å². The molecule has 0 amide bonds. The van der Waals surface area contributed by atoms with E-state index in [1.807, 2.05) is 6.07 Å². The lowest BCUT2D eigenvalue weighted by molar-refractivity contribution is 0.609. The number of hydrogen-bond acceptors (Lipinski definition) is 3. The van der Waals surface area contributed by atoms with Crippen molar-refractivity contribution in [2.45, 2.75) is 18.7 Å². The minimum Gasteiger partial charge on any atom is -0.207 e. The number of hydrogen-bond donors (Lipinski definition) is 0. The first-order valence-corrected chi connectivity index (χ1v) is 6.13. The zero-order chi connectivity index (χ0) is 10.9. The van der Waals surface area contributed by atoms with Crippen LogP contribution in [0.4, 0.5) is 0 Å². The fourth-order valence-electron chi connectivity index (χ4n) is 1.22. The van der Waals surface area contributed by atoms with Gasteiger partial charge in [0.25, 0.3) is 9.05 Å². The van der Waals surface area contributed by atoms with E-state index in [0.29, 0.717) is 11.1 Å². The van der Waals surface area contributed by atoms with Crippen LogP contribution in [0.1, 0.15) is 16.7 Å². The van der Waals surface area contributed by atoms with E-state index in [9.17, 15) is 8.42 Å². The van der Waals surface area contributed by atoms with Crippen molar-refractivity contribution in [2.24, 2.45) is 0 Å². The molecule has 0 atom stereocenters. The molecule has 1 aromatic carbocycles. The molecule has 5 heteroatoms. The highest BCUT2D eigenvalue weighted by atomic mass is 35.7. The van der Waals surface area contributed by atoms with Crippen LogP contribution in [-0.2, 0) is 9.05 Å². The molecule has 14 heavy (non-hydrogen) atoms. The lowest BCUT2D eigenvalue weighted by Gasteiger charge is -2.04. The van der Waals surface area contributed by atoms with Gasteiger partial charge in [-0.1, -0.05) is 6.07 Å². The minimum atomic E-state index is -3.76. The fourth-order valence-corrected chi connectivity index (χ4v) is 2.42. The summed E-state index contributed by atoms with van der Waals surface area (Å²) in [6.07, 6.45) is 0. The van der Waals surface area contributed by atoms with Gasteiger partial charge in [0.05, 0.1) is 16.5 Å². The van der Waals surface area contributed by atoms with Gasteiger partial charge in [-0.3, -0.25) is 0 Å². The van der Waals surface area contributed by atoms with Crippen molar-refractivity contribution in [3.63, 3.8) is 0 Å². The molecule has 0 N–H and O–H groups in total. The van der Waals surface area contributed by atoms with Gasteiger partial charge in [0.2, 0.25) is 0 Å². The Morgan fingerprint density at radius 2 is 1.86 bits per heavy atom. The molecule has 0 aliphatic carbocycles. The van der Waals surface area contributed by atoms with Gasteiger partial charge in [-0.05, 0) is 31.0 Å². The molecular formula is C9H8ClNO2S. The second-order valence-corrected chi connectivity index (χ2v) is 5.52. The molecule has 0 unspecified atom stereocenters. The summed E-state index contributed by atoms with van der Waals surface area (Å²) >= 11 is 0. The summed E-state index contributed by atoms with van der Waals surface area (Å²) in [5.74, 6) is 0. The Balaban J connectivity index is 3.58. The summed E-state index contributed by atoms with van der Waals surface area (Å²) in [6.45, 7) is 3.39. The first-order valence-electron chi connectivity index (χ1n) is 3.82. The van der Waals surface area contributed by atoms with Crippen molar-refractivity contribution in [3.05, 3.63) is 28.8 Å². The number of aryl methyl sites for hydroxylation is 2. The number of halogens is 1.